The third-order valence-corrected chi connectivity index (χ3v) is 4.38. The molecule has 4 rings (SSSR count). The van der Waals surface area contributed by atoms with Gasteiger partial charge in [-0.3, -0.25) is 0 Å². The first-order valence-corrected chi connectivity index (χ1v) is 8.28. The minimum atomic E-state index is 0.420. The van der Waals surface area contributed by atoms with Gasteiger partial charge in [0.2, 0.25) is 0 Å². The minimum Gasteiger partial charge on any atom is -0.497 e. The van der Waals surface area contributed by atoms with Gasteiger partial charge in [0.25, 0.3) is 0 Å². The number of pyridine rings is 1. The molecule has 0 saturated carbocycles. The van der Waals surface area contributed by atoms with Crippen molar-refractivity contribution in [3.05, 3.63) is 66.5 Å². The van der Waals surface area contributed by atoms with Crippen LogP contribution in [0, 0.1) is 6.92 Å². The second-order valence-electron chi connectivity index (χ2n) is 6.11. The van der Waals surface area contributed by atoms with E-state index in [1.807, 2.05) is 30.3 Å². The normalized spacial score (nSPS) is 10.8. The molecular formula is C21H18N4O. The number of ether oxygens (including phenoxy) is 1. The molecule has 0 spiro atoms. The molecule has 0 aliphatic heterocycles. The molecule has 0 atom stereocenters. The SMILES string of the molecule is COc1ccc(-c2cc(-c3ccc(C)cc3)nc3ncnc(N)c23)cc1. The number of methoxy groups -OCH3 is 1. The molecule has 5 heteroatoms. The third kappa shape index (κ3) is 2.84. The summed E-state index contributed by atoms with van der Waals surface area (Å²) in [4.78, 5) is 13.2. The summed E-state index contributed by atoms with van der Waals surface area (Å²) in [7, 11) is 1.65. The number of nitrogens with two attached hydrogens (primary N) is 1. The number of hydrogen-bond donors (Lipinski definition) is 1. The molecule has 0 amide bonds. The summed E-state index contributed by atoms with van der Waals surface area (Å²) in [6.07, 6.45) is 1.45. The Morgan fingerprint density at radius 3 is 2.27 bits per heavy atom. The lowest BCUT2D eigenvalue weighted by Crippen LogP contribution is -1.98. The summed E-state index contributed by atoms with van der Waals surface area (Å²) >= 11 is 0. The average molecular weight is 342 g/mol. The van der Waals surface area contributed by atoms with Crippen molar-refractivity contribution < 1.29 is 4.74 Å². The maximum atomic E-state index is 6.14. The summed E-state index contributed by atoms with van der Waals surface area (Å²) in [5.41, 5.74) is 11.8. The van der Waals surface area contributed by atoms with Gasteiger partial charge in [-0.05, 0) is 36.2 Å². The maximum absolute atomic E-state index is 6.14. The molecule has 0 unspecified atom stereocenters. The summed E-state index contributed by atoms with van der Waals surface area (Å²) in [5.74, 6) is 1.22. The Morgan fingerprint density at radius 1 is 0.885 bits per heavy atom. The average Bonchev–Trinajstić information content (AvgIpc) is 2.68. The molecule has 26 heavy (non-hydrogen) atoms. The molecule has 2 N–H and O–H groups in total. The van der Waals surface area contributed by atoms with Crippen LogP contribution in [0.3, 0.4) is 0 Å². The van der Waals surface area contributed by atoms with Crippen molar-refractivity contribution >= 4 is 16.9 Å². The van der Waals surface area contributed by atoms with Gasteiger partial charge in [0.15, 0.2) is 5.65 Å². The van der Waals surface area contributed by atoms with E-state index in [1.54, 1.807) is 7.11 Å². The topological polar surface area (TPSA) is 73.9 Å². The van der Waals surface area contributed by atoms with Crippen molar-refractivity contribution in [2.75, 3.05) is 12.8 Å². The van der Waals surface area contributed by atoms with Crippen molar-refractivity contribution in [1.82, 2.24) is 15.0 Å². The van der Waals surface area contributed by atoms with Gasteiger partial charge in [0.1, 0.15) is 17.9 Å². The van der Waals surface area contributed by atoms with Gasteiger partial charge in [-0.15, -0.1) is 0 Å². The fourth-order valence-corrected chi connectivity index (χ4v) is 2.96. The van der Waals surface area contributed by atoms with Gasteiger partial charge in [0, 0.05) is 5.56 Å². The van der Waals surface area contributed by atoms with E-state index in [-0.39, 0.29) is 0 Å². The Bertz CT molecular complexity index is 1070. The highest BCUT2D eigenvalue weighted by molar-refractivity contribution is 6.00. The zero-order valence-electron chi connectivity index (χ0n) is 14.6. The van der Waals surface area contributed by atoms with Crippen molar-refractivity contribution in [2.45, 2.75) is 6.92 Å². The fourth-order valence-electron chi connectivity index (χ4n) is 2.96. The quantitative estimate of drug-likeness (QED) is 0.602. The van der Waals surface area contributed by atoms with Crippen LogP contribution in [0.1, 0.15) is 5.56 Å². The number of nitrogens with zero attached hydrogens (tertiary/aromatic N) is 3. The van der Waals surface area contributed by atoms with E-state index in [9.17, 15) is 0 Å². The molecule has 0 saturated heterocycles. The van der Waals surface area contributed by atoms with E-state index in [0.717, 1.165) is 33.5 Å². The lowest BCUT2D eigenvalue weighted by atomic mass is 9.99. The van der Waals surface area contributed by atoms with Crippen LogP contribution in [0.5, 0.6) is 5.75 Å². The summed E-state index contributed by atoms with van der Waals surface area (Å²) < 4.78 is 5.26. The van der Waals surface area contributed by atoms with Gasteiger partial charge in [-0.25, -0.2) is 15.0 Å². The Morgan fingerprint density at radius 2 is 1.58 bits per heavy atom. The second kappa shape index (κ2) is 6.44. The van der Waals surface area contributed by atoms with Crippen molar-refractivity contribution in [3.63, 3.8) is 0 Å². The predicted molar refractivity (Wildman–Crippen MR) is 104 cm³/mol. The van der Waals surface area contributed by atoms with E-state index in [4.69, 9.17) is 15.5 Å². The molecular weight excluding hydrogens is 324 g/mol. The maximum Gasteiger partial charge on any atom is 0.165 e. The van der Waals surface area contributed by atoms with Crippen LogP contribution in [0.15, 0.2) is 60.9 Å². The van der Waals surface area contributed by atoms with Crippen LogP contribution in [0.25, 0.3) is 33.4 Å². The molecule has 0 aliphatic rings. The monoisotopic (exact) mass is 342 g/mol. The molecule has 0 aliphatic carbocycles. The van der Waals surface area contributed by atoms with Gasteiger partial charge in [-0.1, -0.05) is 42.0 Å². The lowest BCUT2D eigenvalue weighted by Gasteiger charge is -2.11. The first kappa shape index (κ1) is 16.0. The first-order valence-electron chi connectivity index (χ1n) is 8.28. The highest BCUT2D eigenvalue weighted by Crippen LogP contribution is 2.34. The predicted octanol–water partition coefficient (Wildman–Crippen LogP) is 4.26. The highest BCUT2D eigenvalue weighted by Gasteiger charge is 2.13. The van der Waals surface area contributed by atoms with Crippen LogP contribution >= 0.6 is 0 Å². The van der Waals surface area contributed by atoms with Crippen molar-refractivity contribution in [3.8, 4) is 28.1 Å². The smallest absolute Gasteiger partial charge is 0.165 e. The van der Waals surface area contributed by atoms with Crippen LogP contribution in [-0.4, -0.2) is 22.1 Å². The third-order valence-electron chi connectivity index (χ3n) is 4.38. The zero-order chi connectivity index (χ0) is 18.1. The van der Waals surface area contributed by atoms with Crippen LogP contribution in [-0.2, 0) is 0 Å². The van der Waals surface area contributed by atoms with Crippen LogP contribution in [0.2, 0.25) is 0 Å². The standard InChI is InChI=1S/C21H18N4O/c1-13-3-5-15(6-4-13)18-11-17(14-7-9-16(26-2)10-8-14)19-20(22)23-12-24-21(19)25-18/h3-12H,1-2H3,(H2,22,23,24,25). The second-order valence-corrected chi connectivity index (χ2v) is 6.11. The zero-order valence-corrected chi connectivity index (χ0v) is 14.6. The Kier molecular flexibility index (Phi) is 3.97. The molecule has 2 aromatic carbocycles. The van der Waals surface area contributed by atoms with E-state index in [0.29, 0.717) is 11.5 Å². The lowest BCUT2D eigenvalue weighted by molar-refractivity contribution is 0.415. The Labute approximate surface area is 151 Å². The van der Waals surface area contributed by atoms with Crippen molar-refractivity contribution in [2.24, 2.45) is 0 Å². The van der Waals surface area contributed by atoms with Crippen LogP contribution in [0.4, 0.5) is 5.82 Å². The minimum absolute atomic E-state index is 0.420. The molecule has 0 radical (unpaired) electrons. The number of anilines is 1. The van der Waals surface area contributed by atoms with E-state index >= 15 is 0 Å². The van der Waals surface area contributed by atoms with Gasteiger partial charge in [-0.2, -0.15) is 0 Å². The molecule has 0 fully saturated rings. The Hall–Kier alpha value is -3.47. The molecule has 5 nitrogen and oxygen atoms in total. The molecule has 128 valence electrons. The molecule has 0 bridgehead atoms. The first-order chi connectivity index (χ1) is 12.7. The number of nitrogen functional groups attached to an aromatic ring is 1. The fraction of sp³-hybridized carbons (Fsp3) is 0.0952. The highest BCUT2D eigenvalue weighted by atomic mass is 16.5. The number of aromatic nitrogens is 3. The molecule has 2 heterocycles. The van der Waals surface area contributed by atoms with Crippen LogP contribution < -0.4 is 10.5 Å². The molecule has 2 aromatic heterocycles. The number of aryl methyl sites for hydroxylation is 1. The number of hydrogen-bond acceptors (Lipinski definition) is 5. The Balaban J connectivity index is 1.97. The van der Waals surface area contributed by atoms with E-state index in [2.05, 4.69) is 41.2 Å². The largest absolute Gasteiger partial charge is 0.497 e. The van der Waals surface area contributed by atoms with E-state index in [1.165, 1.54) is 11.9 Å². The van der Waals surface area contributed by atoms with Gasteiger partial charge >= 0.3 is 0 Å². The van der Waals surface area contributed by atoms with Gasteiger partial charge in [0.05, 0.1) is 18.2 Å². The number of benzene rings is 2. The number of fused-ring (bicyclic) bond motifs is 1. The summed E-state index contributed by atoms with van der Waals surface area (Å²) in [6, 6.07) is 18.1. The van der Waals surface area contributed by atoms with Gasteiger partial charge < -0.3 is 10.5 Å². The summed E-state index contributed by atoms with van der Waals surface area (Å²) in [5, 5.41) is 0.758. The summed E-state index contributed by atoms with van der Waals surface area (Å²) in [6.45, 7) is 2.06. The van der Waals surface area contributed by atoms with E-state index < -0.39 is 0 Å². The number of rotatable bonds is 3. The van der Waals surface area contributed by atoms with Crippen molar-refractivity contribution in [1.29, 1.82) is 0 Å². The molecule has 4 aromatic rings.